The lowest BCUT2D eigenvalue weighted by Gasteiger charge is -2.23. The van der Waals surface area contributed by atoms with E-state index in [2.05, 4.69) is 10.3 Å². The summed E-state index contributed by atoms with van der Waals surface area (Å²) in [5.74, 6) is 0.441. The second-order valence-corrected chi connectivity index (χ2v) is 4.40. The lowest BCUT2D eigenvalue weighted by Crippen LogP contribution is -2.35. The van der Waals surface area contributed by atoms with Gasteiger partial charge in [-0.3, -0.25) is 10.1 Å². The molecule has 0 aliphatic carbocycles. The topological polar surface area (TPSA) is 77.3 Å². The lowest BCUT2D eigenvalue weighted by molar-refractivity contribution is -0.385. The zero-order chi connectivity index (χ0) is 12.8. The highest BCUT2D eigenvalue weighted by atomic mass is 16.6. The van der Waals surface area contributed by atoms with Gasteiger partial charge in [0.05, 0.1) is 11.5 Å². The van der Waals surface area contributed by atoms with Gasteiger partial charge in [-0.25, -0.2) is 4.98 Å². The summed E-state index contributed by atoms with van der Waals surface area (Å²) >= 11 is 0. The van der Waals surface area contributed by atoms with Crippen LogP contribution in [-0.2, 0) is 0 Å². The van der Waals surface area contributed by atoms with Crippen LogP contribution in [0.3, 0.4) is 0 Å². The first-order chi connectivity index (χ1) is 8.75. The number of rotatable bonds is 5. The van der Waals surface area contributed by atoms with Gasteiger partial charge in [-0.15, -0.1) is 0 Å². The van der Waals surface area contributed by atoms with Crippen LogP contribution < -0.4 is 10.1 Å². The molecule has 1 aliphatic heterocycles. The number of pyridine rings is 1. The second-order valence-electron chi connectivity index (χ2n) is 4.40. The maximum atomic E-state index is 10.4. The van der Waals surface area contributed by atoms with E-state index in [0.29, 0.717) is 18.5 Å². The van der Waals surface area contributed by atoms with Gasteiger partial charge in [0.1, 0.15) is 6.20 Å². The molecule has 6 heteroatoms. The summed E-state index contributed by atoms with van der Waals surface area (Å²) in [5.41, 5.74) is -0.0173. The SMILES string of the molecule is O=[N+]([O-])c1ccc(OCCC2CCCCN2)nc1. The Morgan fingerprint density at radius 2 is 2.39 bits per heavy atom. The molecule has 98 valence electrons. The summed E-state index contributed by atoms with van der Waals surface area (Å²) in [6.45, 7) is 1.67. The first-order valence-electron chi connectivity index (χ1n) is 6.22. The van der Waals surface area contributed by atoms with E-state index in [1.165, 1.54) is 37.6 Å². The molecule has 1 saturated heterocycles. The molecule has 1 unspecified atom stereocenters. The highest BCUT2D eigenvalue weighted by molar-refractivity contribution is 5.28. The highest BCUT2D eigenvalue weighted by Crippen LogP contribution is 2.15. The Morgan fingerprint density at radius 1 is 1.50 bits per heavy atom. The van der Waals surface area contributed by atoms with Gasteiger partial charge in [0.15, 0.2) is 0 Å². The first-order valence-corrected chi connectivity index (χ1v) is 6.22. The third-order valence-corrected chi connectivity index (χ3v) is 3.06. The number of ether oxygens (including phenoxy) is 1. The zero-order valence-corrected chi connectivity index (χ0v) is 10.2. The minimum Gasteiger partial charge on any atom is -0.478 e. The van der Waals surface area contributed by atoms with E-state index in [1.54, 1.807) is 0 Å². The van der Waals surface area contributed by atoms with Crippen LogP contribution in [0.15, 0.2) is 18.3 Å². The molecule has 0 saturated carbocycles. The van der Waals surface area contributed by atoms with Crippen LogP contribution in [0.25, 0.3) is 0 Å². The zero-order valence-electron chi connectivity index (χ0n) is 10.2. The van der Waals surface area contributed by atoms with Crippen molar-refractivity contribution in [3.8, 4) is 5.88 Å². The van der Waals surface area contributed by atoms with Crippen LogP contribution in [0.2, 0.25) is 0 Å². The molecule has 1 atom stereocenters. The van der Waals surface area contributed by atoms with Crippen LogP contribution in [0.5, 0.6) is 5.88 Å². The summed E-state index contributed by atoms with van der Waals surface area (Å²) in [7, 11) is 0. The van der Waals surface area contributed by atoms with Crippen molar-refractivity contribution in [3.05, 3.63) is 28.4 Å². The molecule has 6 nitrogen and oxygen atoms in total. The maximum Gasteiger partial charge on any atom is 0.287 e. The summed E-state index contributed by atoms with van der Waals surface area (Å²) < 4.78 is 5.47. The van der Waals surface area contributed by atoms with Crippen LogP contribution in [-0.4, -0.2) is 29.1 Å². The van der Waals surface area contributed by atoms with E-state index in [9.17, 15) is 10.1 Å². The molecular weight excluding hydrogens is 234 g/mol. The third kappa shape index (κ3) is 3.66. The highest BCUT2D eigenvalue weighted by Gasteiger charge is 2.12. The first kappa shape index (κ1) is 12.8. The van der Waals surface area contributed by atoms with Crippen LogP contribution in [0, 0.1) is 10.1 Å². The van der Waals surface area contributed by atoms with E-state index < -0.39 is 4.92 Å². The summed E-state index contributed by atoms with van der Waals surface area (Å²) in [6.07, 6.45) is 5.87. The number of piperidine rings is 1. The Morgan fingerprint density at radius 3 is 3.00 bits per heavy atom. The Hall–Kier alpha value is -1.69. The normalized spacial score (nSPS) is 19.4. The van der Waals surface area contributed by atoms with Gasteiger partial charge in [-0.1, -0.05) is 6.42 Å². The molecule has 18 heavy (non-hydrogen) atoms. The van der Waals surface area contributed by atoms with Crippen LogP contribution in [0.1, 0.15) is 25.7 Å². The maximum absolute atomic E-state index is 10.4. The molecule has 1 aromatic heterocycles. The van der Waals surface area contributed by atoms with Gasteiger partial charge in [0.2, 0.25) is 5.88 Å². The van der Waals surface area contributed by atoms with Gasteiger partial charge >= 0.3 is 0 Å². The van der Waals surface area contributed by atoms with Gasteiger partial charge < -0.3 is 10.1 Å². The van der Waals surface area contributed by atoms with E-state index in [-0.39, 0.29) is 5.69 Å². The fraction of sp³-hybridized carbons (Fsp3) is 0.583. The van der Waals surface area contributed by atoms with Crippen molar-refractivity contribution in [1.82, 2.24) is 10.3 Å². The summed E-state index contributed by atoms with van der Waals surface area (Å²) in [4.78, 5) is 13.9. The monoisotopic (exact) mass is 251 g/mol. The number of aromatic nitrogens is 1. The van der Waals surface area contributed by atoms with E-state index in [0.717, 1.165) is 13.0 Å². The predicted octanol–water partition coefficient (Wildman–Crippen LogP) is 1.90. The second kappa shape index (κ2) is 6.30. The van der Waals surface area contributed by atoms with Crippen molar-refractivity contribution in [2.24, 2.45) is 0 Å². The number of nitrogens with one attached hydrogen (secondary N) is 1. The molecule has 0 bridgehead atoms. The van der Waals surface area contributed by atoms with Crippen LogP contribution >= 0.6 is 0 Å². The fourth-order valence-electron chi connectivity index (χ4n) is 2.04. The Labute approximate surface area is 106 Å². The number of hydrogen-bond donors (Lipinski definition) is 1. The average molecular weight is 251 g/mol. The average Bonchev–Trinajstić information content (AvgIpc) is 2.40. The number of nitro groups is 1. The lowest BCUT2D eigenvalue weighted by atomic mass is 10.0. The molecule has 1 aromatic rings. The third-order valence-electron chi connectivity index (χ3n) is 3.06. The quantitative estimate of drug-likeness (QED) is 0.638. The largest absolute Gasteiger partial charge is 0.478 e. The van der Waals surface area contributed by atoms with E-state index in [4.69, 9.17) is 4.74 Å². The van der Waals surface area contributed by atoms with Crippen molar-refractivity contribution < 1.29 is 9.66 Å². The summed E-state index contributed by atoms with van der Waals surface area (Å²) in [6, 6.07) is 3.46. The summed E-state index contributed by atoms with van der Waals surface area (Å²) in [5, 5.41) is 13.9. The van der Waals surface area contributed by atoms with E-state index in [1.807, 2.05) is 0 Å². The molecule has 2 heterocycles. The molecule has 0 aromatic carbocycles. The van der Waals surface area contributed by atoms with Crippen LogP contribution in [0.4, 0.5) is 5.69 Å². The molecule has 1 fully saturated rings. The van der Waals surface area contributed by atoms with Crippen molar-refractivity contribution in [1.29, 1.82) is 0 Å². The number of hydrogen-bond acceptors (Lipinski definition) is 5. The van der Waals surface area contributed by atoms with E-state index >= 15 is 0 Å². The van der Waals surface area contributed by atoms with Crippen molar-refractivity contribution in [2.45, 2.75) is 31.7 Å². The van der Waals surface area contributed by atoms with Crippen molar-refractivity contribution in [3.63, 3.8) is 0 Å². The smallest absolute Gasteiger partial charge is 0.287 e. The molecule has 1 N–H and O–H groups in total. The molecule has 0 spiro atoms. The Balaban J connectivity index is 1.74. The molecule has 0 amide bonds. The molecule has 1 aliphatic rings. The minimum absolute atomic E-state index is 0.0173. The fourth-order valence-corrected chi connectivity index (χ4v) is 2.04. The number of nitrogens with zero attached hydrogens (tertiary/aromatic N) is 2. The Bertz CT molecular complexity index is 388. The Kier molecular flexibility index (Phi) is 4.46. The molecule has 0 radical (unpaired) electrons. The van der Waals surface area contributed by atoms with Gasteiger partial charge in [0, 0.05) is 18.2 Å². The molecular formula is C12H17N3O3. The van der Waals surface area contributed by atoms with Gasteiger partial charge in [-0.05, 0) is 25.8 Å². The minimum atomic E-state index is -0.470. The van der Waals surface area contributed by atoms with Crippen molar-refractivity contribution in [2.75, 3.05) is 13.2 Å². The standard InChI is InChI=1S/C12H17N3O3/c16-15(17)11-4-5-12(14-9-11)18-8-6-10-3-1-2-7-13-10/h4-5,9-10,13H,1-3,6-8H2. The predicted molar refractivity (Wildman–Crippen MR) is 66.6 cm³/mol. The molecule has 2 rings (SSSR count). The van der Waals surface area contributed by atoms with Gasteiger partial charge in [-0.2, -0.15) is 0 Å². The van der Waals surface area contributed by atoms with Gasteiger partial charge in [0.25, 0.3) is 5.69 Å². The van der Waals surface area contributed by atoms with Crippen molar-refractivity contribution >= 4 is 5.69 Å².